The molecular weight excluding hydrogens is 538 g/mol. The molecule has 5 rings (SSSR count). The molecule has 3 heterocycles. The van der Waals surface area contributed by atoms with Crippen LogP contribution in [0, 0.1) is 0 Å². The molecule has 3 aliphatic rings. The lowest BCUT2D eigenvalue weighted by Crippen LogP contribution is -2.42. The van der Waals surface area contributed by atoms with Gasteiger partial charge in [0, 0.05) is 44.8 Å². The van der Waals surface area contributed by atoms with Crippen molar-refractivity contribution in [3.63, 3.8) is 0 Å². The van der Waals surface area contributed by atoms with E-state index in [9.17, 15) is 23.1 Å². The number of nitrogens with zero attached hydrogens (tertiary/aromatic N) is 3. The van der Waals surface area contributed by atoms with Crippen molar-refractivity contribution >= 4 is 27.5 Å². The van der Waals surface area contributed by atoms with E-state index in [-0.39, 0.29) is 41.4 Å². The molecule has 1 N–H and O–H groups in total. The van der Waals surface area contributed by atoms with Gasteiger partial charge in [-0.2, -0.15) is 4.31 Å². The molecule has 0 spiro atoms. The van der Waals surface area contributed by atoms with Crippen LogP contribution in [-0.4, -0.2) is 112 Å². The Morgan fingerprint density at radius 1 is 0.900 bits per heavy atom. The normalized spacial score (nSPS) is 22.5. The Labute approximate surface area is 233 Å². The average Bonchev–Trinajstić information content (AvgIpc) is 3.25. The van der Waals surface area contributed by atoms with E-state index >= 15 is 0 Å². The molecule has 0 aliphatic carbocycles. The number of aliphatic hydroxyl groups excluding tert-OH is 1. The number of amides is 1. The number of morpholine rings is 2. The molecule has 2 aromatic carbocycles. The van der Waals surface area contributed by atoms with Crippen LogP contribution in [0.3, 0.4) is 0 Å². The van der Waals surface area contributed by atoms with Crippen molar-refractivity contribution in [2.24, 2.45) is 0 Å². The summed E-state index contributed by atoms with van der Waals surface area (Å²) >= 11 is 0. The summed E-state index contributed by atoms with van der Waals surface area (Å²) in [6.07, 6.45) is 0. The molecule has 12 heteroatoms. The smallest absolute Gasteiger partial charge is 0.295 e. The first kappa shape index (κ1) is 28.2. The first-order valence-corrected chi connectivity index (χ1v) is 14.7. The number of hydrogen-bond acceptors (Lipinski definition) is 9. The second-order valence-corrected chi connectivity index (χ2v) is 11.7. The molecule has 11 nitrogen and oxygen atoms in total. The zero-order valence-electron chi connectivity index (χ0n) is 22.3. The number of hydrogen-bond donors (Lipinski definition) is 1. The first-order chi connectivity index (χ1) is 19.3. The van der Waals surface area contributed by atoms with Crippen LogP contribution >= 0.6 is 0 Å². The number of ketones is 1. The minimum atomic E-state index is -3.73. The van der Waals surface area contributed by atoms with Crippen LogP contribution in [0.1, 0.15) is 17.2 Å². The molecule has 1 amide bonds. The molecule has 3 saturated heterocycles. The van der Waals surface area contributed by atoms with E-state index in [1.165, 1.54) is 33.5 Å². The Hall–Kier alpha value is -3.29. The monoisotopic (exact) mass is 571 g/mol. The van der Waals surface area contributed by atoms with Crippen LogP contribution in [0.4, 0.5) is 0 Å². The molecule has 0 radical (unpaired) electrons. The number of rotatable bonds is 8. The molecule has 214 valence electrons. The number of carbonyl (C=O) groups excluding carboxylic acids is 2. The molecule has 0 saturated carbocycles. The largest absolute Gasteiger partial charge is 0.507 e. The van der Waals surface area contributed by atoms with Crippen LogP contribution in [-0.2, 0) is 29.1 Å². The van der Waals surface area contributed by atoms with Crippen molar-refractivity contribution in [3.05, 3.63) is 65.2 Å². The van der Waals surface area contributed by atoms with Crippen molar-refractivity contribution in [1.82, 2.24) is 14.1 Å². The minimum absolute atomic E-state index is 0.0408. The highest BCUT2D eigenvalue weighted by Crippen LogP contribution is 2.40. The summed E-state index contributed by atoms with van der Waals surface area (Å²) in [5.74, 6) is -1.22. The number of benzene rings is 2. The lowest BCUT2D eigenvalue weighted by molar-refractivity contribution is -0.140. The number of aliphatic hydroxyl groups is 1. The molecule has 40 heavy (non-hydrogen) atoms. The summed E-state index contributed by atoms with van der Waals surface area (Å²) < 4.78 is 43.3. The summed E-state index contributed by atoms with van der Waals surface area (Å²) in [6.45, 7) is 4.71. The van der Waals surface area contributed by atoms with Gasteiger partial charge in [0.25, 0.3) is 11.7 Å². The van der Waals surface area contributed by atoms with Crippen LogP contribution in [0.15, 0.2) is 59.0 Å². The summed E-state index contributed by atoms with van der Waals surface area (Å²) in [7, 11) is -2.18. The molecule has 0 aromatic heterocycles. The topological polar surface area (TPSA) is 126 Å². The second kappa shape index (κ2) is 12.1. The van der Waals surface area contributed by atoms with E-state index in [2.05, 4.69) is 4.90 Å². The third-order valence-corrected chi connectivity index (χ3v) is 9.38. The van der Waals surface area contributed by atoms with Crippen molar-refractivity contribution in [2.75, 3.05) is 72.8 Å². The highest BCUT2D eigenvalue weighted by Gasteiger charge is 2.46. The summed E-state index contributed by atoms with van der Waals surface area (Å²) in [5, 5.41) is 11.4. The van der Waals surface area contributed by atoms with Gasteiger partial charge < -0.3 is 24.2 Å². The second-order valence-electron chi connectivity index (χ2n) is 9.76. The van der Waals surface area contributed by atoms with E-state index in [1.54, 1.807) is 31.4 Å². The van der Waals surface area contributed by atoms with Gasteiger partial charge in [-0.05, 0) is 42.0 Å². The van der Waals surface area contributed by atoms with Gasteiger partial charge in [0.05, 0.1) is 50.0 Å². The molecule has 0 unspecified atom stereocenters. The van der Waals surface area contributed by atoms with Gasteiger partial charge in [-0.15, -0.1) is 0 Å². The molecule has 3 fully saturated rings. The third-order valence-electron chi connectivity index (χ3n) is 7.47. The number of sulfonamides is 1. The van der Waals surface area contributed by atoms with Crippen molar-refractivity contribution in [3.8, 4) is 5.75 Å². The van der Waals surface area contributed by atoms with Crippen LogP contribution in [0.5, 0.6) is 5.75 Å². The predicted molar refractivity (Wildman–Crippen MR) is 145 cm³/mol. The van der Waals surface area contributed by atoms with Crippen molar-refractivity contribution in [1.29, 1.82) is 0 Å². The first-order valence-electron chi connectivity index (χ1n) is 13.2. The van der Waals surface area contributed by atoms with E-state index in [0.717, 1.165) is 13.1 Å². The zero-order chi connectivity index (χ0) is 28.3. The van der Waals surface area contributed by atoms with Crippen molar-refractivity contribution < 1.29 is 37.3 Å². The Kier molecular flexibility index (Phi) is 8.52. The lowest BCUT2D eigenvalue weighted by Gasteiger charge is -2.31. The molecular formula is C28H33N3O8S. The SMILES string of the molecule is COc1ccc([C@H]2C(=C(O)c3ccc(S(=O)(=O)N4CCOCC4)cc3)C(=O)C(=O)N2CCN2CCOCC2)cc1. The van der Waals surface area contributed by atoms with E-state index in [1.807, 2.05) is 0 Å². The van der Waals surface area contributed by atoms with Crippen molar-refractivity contribution in [2.45, 2.75) is 10.9 Å². The van der Waals surface area contributed by atoms with Gasteiger partial charge in [-0.1, -0.05) is 12.1 Å². The minimum Gasteiger partial charge on any atom is -0.507 e. The standard InChI is InChI=1S/C28H33N3O8S/c1-37-22-6-2-20(3-7-22)25-24(27(33)28(34)31(25)11-10-29-12-16-38-17-13-29)26(32)21-4-8-23(9-5-21)40(35,36)30-14-18-39-19-15-30/h2-9,25,32H,10-19H2,1H3/t25-/m0/s1. The number of Topliss-reactive ketones (excluding diaryl/α,β-unsaturated/α-hetero) is 1. The average molecular weight is 572 g/mol. The Morgan fingerprint density at radius 2 is 1.50 bits per heavy atom. The molecule has 0 bridgehead atoms. The van der Waals surface area contributed by atoms with E-state index < -0.39 is 27.8 Å². The Balaban J connectivity index is 1.48. The van der Waals surface area contributed by atoms with Gasteiger partial charge in [0.15, 0.2) is 0 Å². The van der Waals surface area contributed by atoms with Gasteiger partial charge in [0.1, 0.15) is 11.5 Å². The maximum atomic E-state index is 13.3. The third kappa shape index (κ3) is 5.63. The van der Waals surface area contributed by atoms with Gasteiger partial charge in [-0.3, -0.25) is 14.5 Å². The zero-order valence-corrected chi connectivity index (χ0v) is 23.1. The maximum absolute atomic E-state index is 13.3. The fraction of sp³-hybridized carbons (Fsp3) is 0.429. The van der Waals surface area contributed by atoms with Gasteiger partial charge in [0.2, 0.25) is 10.0 Å². The van der Waals surface area contributed by atoms with Gasteiger partial charge >= 0.3 is 0 Å². The van der Waals surface area contributed by atoms with Crippen LogP contribution in [0.25, 0.3) is 5.76 Å². The van der Waals surface area contributed by atoms with Crippen LogP contribution in [0.2, 0.25) is 0 Å². The molecule has 2 aromatic rings. The number of methoxy groups -OCH3 is 1. The fourth-order valence-corrected chi connectivity index (χ4v) is 6.60. The predicted octanol–water partition coefficient (Wildman–Crippen LogP) is 1.47. The summed E-state index contributed by atoms with van der Waals surface area (Å²) in [6, 6.07) is 11.9. The lowest BCUT2D eigenvalue weighted by atomic mass is 9.95. The van der Waals surface area contributed by atoms with E-state index in [0.29, 0.717) is 44.3 Å². The quantitative estimate of drug-likeness (QED) is 0.285. The molecule has 1 atom stereocenters. The Bertz CT molecular complexity index is 1360. The fourth-order valence-electron chi connectivity index (χ4n) is 5.19. The number of ether oxygens (including phenoxy) is 3. The highest BCUT2D eigenvalue weighted by atomic mass is 32.2. The van der Waals surface area contributed by atoms with Gasteiger partial charge in [-0.25, -0.2) is 8.42 Å². The summed E-state index contributed by atoms with van der Waals surface area (Å²) in [4.78, 5) is 30.3. The maximum Gasteiger partial charge on any atom is 0.295 e. The highest BCUT2D eigenvalue weighted by molar-refractivity contribution is 7.89. The number of carbonyl (C=O) groups is 2. The Morgan fingerprint density at radius 3 is 2.10 bits per heavy atom. The van der Waals surface area contributed by atoms with Crippen LogP contribution < -0.4 is 4.74 Å². The molecule has 3 aliphatic heterocycles. The summed E-state index contributed by atoms with van der Waals surface area (Å²) in [5.41, 5.74) is 0.849. The van der Waals surface area contributed by atoms with E-state index in [4.69, 9.17) is 14.2 Å². The number of likely N-dealkylation sites (tertiary alicyclic amines) is 1.